The monoisotopic (exact) mass is 357 g/mol. The van der Waals surface area contributed by atoms with Crippen LogP contribution >= 0.6 is 0 Å². The van der Waals surface area contributed by atoms with E-state index in [0.29, 0.717) is 0 Å². The van der Waals surface area contributed by atoms with Crippen molar-refractivity contribution in [1.29, 1.82) is 0 Å². The van der Waals surface area contributed by atoms with Crippen LogP contribution < -0.4 is 0 Å². The minimum absolute atomic E-state index is 0.0260. The molecule has 0 aromatic carbocycles. The highest BCUT2D eigenvalue weighted by Gasteiger charge is 2.41. The number of hydrogen-bond donors (Lipinski definition) is 0. The summed E-state index contributed by atoms with van der Waals surface area (Å²) in [4.78, 5) is 30.5. The lowest BCUT2D eigenvalue weighted by molar-refractivity contribution is -0.140. The Balaban J connectivity index is 1.94. The van der Waals surface area contributed by atoms with Crippen molar-refractivity contribution in [3.63, 3.8) is 0 Å². The molecule has 1 saturated heterocycles. The molecular formula is C18H27N7O. The van der Waals surface area contributed by atoms with Gasteiger partial charge in [-0.2, -0.15) is 5.10 Å². The lowest BCUT2D eigenvalue weighted by atomic mass is 10.0. The van der Waals surface area contributed by atoms with E-state index in [1.807, 2.05) is 46.0 Å². The lowest BCUT2D eigenvalue weighted by Crippen LogP contribution is -2.47. The largest absolute Gasteiger partial charge is 0.332 e. The first kappa shape index (κ1) is 18.4. The highest BCUT2D eigenvalue weighted by molar-refractivity contribution is 5.84. The average Bonchev–Trinajstić information content (AvgIpc) is 3.27. The third kappa shape index (κ3) is 3.46. The molecule has 0 radical (unpaired) electrons. The van der Waals surface area contributed by atoms with Gasteiger partial charge in [0.15, 0.2) is 0 Å². The van der Waals surface area contributed by atoms with E-state index >= 15 is 0 Å². The number of nitrogens with zero attached hydrogens (tertiary/aromatic N) is 7. The van der Waals surface area contributed by atoms with Gasteiger partial charge < -0.3 is 9.80 Å². The summed E-state index contributed by atoms with van der Waals surface area (Å²) in [6.45, 7) is 7.13. The molecule has 8 nitrogen and oxygen atoms in total. The Hall–Kier alpha value is -2.35. The van der Waals surface area contributed by atoms with E-state index in [-0.39, 0.29) is 11.9 Å². The van der Waals surface area contributed by atoms with Crippen LogP contribution in [0.1, 0.15) is 49.8 Å². The molecule has 0 saturated carbocycles. The molecule has 8 heteroatoms. The van der Waals surface area contributed by atoms with Crippen molar-refractivity contribution in [2.75, 3.05) is 20.6 Å². The second kappa shape index (κ2) is 7.11. The van der Waals surface area contributed by atoms with Crippen LogP contribution in [0.5, 0.6) is 0 Å². The Morgan fingerprint density at radius 1 is 1.38 bits per heavy atom. The van der Waals surface area contributed by atoms with E-state index in [4.69, 9.17) is 4.98 Å². The van der Waals surface area contributed by atoms with Gasteiger partial charge in [0.25, 0.3) is 5.91 Å². The fraction of sp³-hybridized carbons (Fsp3) is 0.611. The third-order valence-corrected chi connectivity index (χ3v) is 4.85. The highest BCUT2D eigenvalue weighted by Crippen LogP contribution is 2.35. The predicted molar refractivity (Wildman–Crippen MR) is 97.2 cm³/mol. The van der Waals surface area contributed by atoms with Crippen LogP contribution in [-0.2, 0) is 16.9 Å². The number of aromatic nitrogens is 5. The van der Waals surface area contributed by atoms with Crippen molar-refractivity contribution in [3.05, 3.63) is 35.9 Å². The van der Waals surface area contributed by atoms with Gasteiger partial charge in [0.2, 0.25) is 0 Å². The smallest absolute Gasteiger partial charge is 0.250 e. The van der Waals surface area contributed by atoms with Gasteiger partial charge in [-0.1, -0.05) is 0 Å². The van der Waals surface area contributed by atoms with Crippen molar-refractivity contribution < 1.29 is 4.79 Å². The first-order valence-electron chi connectivity index (χ1n) is 8.94. The number of amides is 1. The van der Waals surface area contributed by atoms with Gasteiger partial charge in [-0.3, -0.25) is 4.79 Å². The van der Waals surface area contributed by atoms with Crippen LogP contribution in [-0.4, -0.2) is 61.1 Å². The van der Waals surface area contributed by atoms with Crippen LogP contribution in [0.3, 0.4) is 0 Å². The van der Waals surface area contributed by atoms with Crippen molar-refractivity contribution in [2.24, 2.45) is 0 Å². The molecule has 0 bridgehead atoms. The SMILES string of the molecule is Cc1ncc(CN(C)C)c(C2CCCN2C(=O)C(C)(C)n2cncn2)n1. The van der Waals surface area contributed by atoms with E-state index in [9.17, 15) is 4.79 Å². The predicted octanol–water partition coefficient (Wildman–Crippen LogP) is 1.54. The third-order valence-electron chi connectivity index (χ3n) is 4.85. The van der Waals surface area contributed by atoms with E-state index in [1.54, 1.807) is 11.0 Å². The molecule has 140 valence electrons. The van der Waals surface area contributed by atoms with Gasteiger partial charge in [0.1, 0.15) is 24.0 Å². The van der Waals surface area contributed by atoms with Gasteiger partial charge in [0.05, 0.1) is 11.7 Å². The topological polar surface area (TPSA) is 80.0 Å². The van der Waals surface area contributed by atoms with Crippen molar-refractivity contribution in [1.82, 2.24) is 34.5 Å². The molecule has 1 unspecified atom stereocenters. The zero-order chi connectivity index (χ0) is 18.9. The number of aryl methyl sites for hydroxylation is 1. The first-order valence-corrected chi connectivity index (χ1v) is 8.94. The second-order valence-electron chi connectivity index (χ2n) is 7.62. The fourth-order valence-corrected chi connectivity index (χ4v) is 3.50. The summed E-state index contributed by atoms with van der Waals surface area (Å²) in [5.41, 5.74) is 1.25. The molecule has 1 aliphatic heterocycles. The van der Waals surface area contributed by atoms with Gasteiger partial charge in [-0.05, 0) is 47.7 Å². The summed E-state index contributed by atoms with van der Waals surface area (Å²) in [6.07, 6.45) is 6.82. The molecule has 0 spiro atoms. The standard InChI is InChI=1S/C18H27N7O/c1-13-20-9-14(10-23(4)5)16(22-13)15-7-6-8-24(15)17(26)18(2,3)25-12-19-11-21-25/h9,11-12,15H,6-8,10H2,1-5H3. The zero-order valence-electron chi connectivity index (χ0n) is 16.2. The molecule has 1 aliphatic rings. The van der Waals surface area contributed by atoms with Gasteiger partial charge in [-0.25, -0.2) is 19.6 Å². The van der Waals surface area contributed by atoms with Gasteiger partial charge in [0, 0.05) is 24.8 Å². The van der Waals surface area contributed by atoms with Crippen LogP contribution in [0.4, 0.5) is 0 Å². The summed E-state index contributed by atoms with van der Waals surface area (Å²) in [6, 6.07) is -0.0260. The molecule has 26 heavy (non-hydrogen) atoms. The maximum Gasteiger partial charge on any atom is 0.250 e. The minimum atomic E-state index is -0.789. The summed E-state index contributed by atoms with van der Waals surface area (Å²) < 4.78 is 1.62. The van der Waals surface area contributed by atoms with E-state index in [2.05, 4.69) is 20.0 Å². The van der Waals surface area contributed by atoms with E-state index < -0.39 is 5.54 Å². The van der Waals surface area contributed by atoms with Crippen molar-refractivity contribution in [3.8, 4) is 0 Å². The molecule has 1 fully saturated rings. The minimum Gasteiger partial charge on any atom is -0.332 e. The number of likely N-dealkylation sites (tertiary alicyclic amines) is 1. The summed E-state index contributed by atoms with van der Waals surface area (Å²) in [7, 11) is 4.05. The van der Waals surface area contributed by atoms with Crippen LogP contribution in [0.2, 0.25) is 0 Å². The number of hydrogen-bond acceptors (Lipinski definition) is 6. The molecular weight excluding hydrogens is 330 g/mol. The fourth-order valence-electron chi connectivity index (χ4n) is 3.50. The Morgan fingerprint density at radius 2 is 2.15 bits per heavy atom. The maximum absolute atomic E-state index is 13.4. The second-order valence-corrected chi connectivity index (χ2v) is 7.62. The number of carbonyl (C=O) groups is 1. The summed E-state index contributed by atoms with van der Waals surface area (Å²) in [5.74, 6) is 0.773. The Morgan fingerprint density at radius 3 is 2.81 bits per heavy atom. The zero-order valence-corrected chi connectivity index (χ0v) is 16.2. The Labute approximate surface area is 154 Å². The molecule has 1 amide bonds. The first-order chi connectivity index (χ1) is 12.3. The molecule has 1 atom stereocenters. The van der Waals surface area contributed by atoms with Crippen LogP contribution in [0.25, 0.3) is 0 Å². The van der Waals surface area contributed by atoms with Crippen molar-refractivity contribution >= 4 is 5.91 Å². The molecule has 2 aromatic rings. The van der Waals surface area contributed by atoms with Crippen LogP contribution in [0.15, 0.2) is 18.9 Å². The average molecular weight is 357 g/mol. The normalized spacial score (nSPS) is 17.9. The van der Waals surface area contributed by atoms with Gasteiger partial charge >= 0.3 is 0 Å². The number of rotatable bonds is 5. The maximum atomic E-state index is 13.4. The molecule has 0 aliphatic carbocycles. The van der Waals surface area contributed by atoms with Crippen LogP contribution in [0, 0.1) is 6.92 Å². The van der Waals surface area contributed by atoms with E-state index in [0.717, 1.165) is 43.0 Å². The van der Waals surface area contributed by atoms with E-state index in [1.165, 1.54) is 6.33 Å². The van der Waals surface area contributed by atoms with Gasteiger partial charge in [-0.15, -0.1) is 0 Å². The summed E-state index contributed by atoms with van der Waals surface area (Å²) >= 11 is 0. The quantitative estimate of drug-likeness (QED) is 0.807. The highest BCUT2D eigenvalue weighted by atomic mass is 16.2. The Kier molecular flexibility index (Phi) is 5.04. The number of carbonyl (C=O) groups excluding carboxylic acids is 1. The molecule has 0 N–H and O–H groups in total. The molecule has 2 aromatic heterocycles. The lowest BCUT2D eigenvalue weighted by Gasteiger charge is -2.33. The Bertz CT molecular complexity index is 770. The summed E-state index contributed by atoms with van der Waals surface area (Å²) in [5, 5.41) is 4.17. The van der Waals surface area contributed by atoms with Crippen molar-refractivity contribution in [2.45, 2.75) is 51.7 Å². The molecule has 3 rings (SSSR count). The molecule has 3 heterocycles.